The van der Waals surface area contributed by atoms with Gasteiger partial charge in [0, 0.05) is 41.8 Å². The van der Waals surface area contributed by atoms with Crippen molar-refractivity contribution in [1.29, 1.82) is 0 Å². The summed E-state index contributed by atoms with van der Waals surface area (Å²) in [6.07, 6.45) is 5.64. The fraction of sp³-hybridized carbons (Fsp3) is 0.364. The zero-order chi connectivity index (χ0) is 10.5. The Morgan fingerprint density at radius 3 is 3.07 bits per heavy atom. The lowest BCUT2D eigenvalue weighted by Crippen LogP contribution is -2.18. The highest BCUT2D eigenvalue weighted by atomic mass is 32.1. The Balaban J connectivity index is 1.67. The number of thiophene rings is 1. The second kappa shape index (κ2) is 5.09. The standard InChI is InChI=1S/C11H15N3S/c1-10-2-3-11(15-10)8-12-4-6-14-7-5-13-9-14/h2-3,5,7,9,12H,4,6,8H2,1H3. The summed E-state index contributed by atoms with van der Waals surface area (Å²) in [5, 5.41) is 3.42. The van der Waals surface area contributed by atoms with Crippen LogP contribution in [0.2, 0.25) is 0 Å². The topological polar surface area (TPSA) is 29.9 Å². The summed E-state index contributed by atoms with van der Waals surface area (Å²) < 4.78 is 2.08. The van der Waals surface area contributed by atoms with Crippen molar-refractivity contribution in [3.05, 3.63) is 40.6 Å². The van der Waals surface area contributed by atoms with Crippen molar-refractivity contribution in [2.45, 2.75) is 20.0 Å². The van der Waals surface area contributed by atoms with Gasteiger partial charge in [0.1, 0.15) is 0 Å². The Kier molecular flexibility index (Phi) is 3.53. The summed E-state index contributed by atoms with van der Waals surface area (Å²) in [4.78, 5) is 6.78. The van der Waals surface area contributed by atoms with E-state index in [1.54, 1.807) is 0 Å². The van der Waals surface area contributed by atoms with E-state index >= 15 is 0 Å². The number of hydrogen-bond acceptors (Lipinski definition) is 3. The Labute approximate surface area is 93.8 Å². The van der Waals surface area contributed by atoms with Crippen LogP contribution >= 0.6 is 11.3 Å². The number of aryl methyl sites for hydroxylation is 1. The molecule has 2 aromatic rings. The molecular formula is C11H15N3S. The van der Waals surface area contributed by atoms with Crippen molar-refractivity contribution in [3.8, 4) is 0 Å². The molecule has 0 saturated carbocycles. The van der Waals surface area contributed by atoms with Crippen LogP contribution < -0.4 is 5.32 Å². The molecular weight excluding hydrogens is 206 g/mol. The van der Waals surface area contributed by atoms with Gasteiger partial charge in [-0.3, -0.25) is 0 Å². The number of aromatic nitrogens is 2. The third-order valence-electron chi connectivity index (χ3n) is 2.20. The maximum atomic E-state index is 4.00. The summed E-state index contributed by atoms with van der Waals surface area (Å²) in [5.74, 6) is 0. The fourth-order valence-corrected chi connectivity index (χ4v) is 2.28. The molecule has 80 valence electrons. The molecule has 1 N–H and O–H groups in total. The lowest BCUT2D eigenvalue weighted by molar-refractivity contribution is 0.600. The van der Waals surface area contributed by atoms with Crippen molar-refractivity contribution in [1.82, 2.24) is 14.9 Å². The van der Waals surface area contributed by atoms with Crippen LogP contribution in [0.3, 0.4) is 0 Å². The minimum atomic E-state index is 0.965. The molecule has 3 nitrogen and oxygen atoms in total. The predicted molar refractivity (Wildman–Crippen MR) is 63.0 cm³/mol. The summed E-state index contributed by atoms with van der Waals surface area (Å²) in [5.41, 5.74) is 0. The Morgan fingerprint density at radius 2 is 2.40 bits per heavy atom. The highest BCUT2D eigenvalue weighted by Crippen LogP contribution is 2.14. The Bertz CT molecular complexity index is 392. The van der Waals surface area contributed by atoms with Crippen molar-refractivity contribution < 1.29 is 0 Å². The van der Waals surface area contributed by atoms with Gasteiger partial charge in [0.2, 0.25) is 0 Å². The number of imidazole rings is 1. The van der Waals surface area contributed by atoms with Gasteiger partial charge in [-0.25, -0.2) is 4.98 Å². The maximum Gasteiger partial charge on any atom is 0.0946 e. The van der Waals surface area contributed by atoms with Crippen molar-refractivity contribution >= 4 is 11.3 Å². The summed E-state index contributed by atoms with van der Waals surface area (Å²) in [7, 11) is 0. The van der Waals surface area contributed by atoms with E-state index in [1.807, 2.05) is 30.1 Å². The number of rotatable bonds is 5. The van der Waals surface area contributed by atoms with E-state index in [1.165, 1.54) is 9.75 Å². The van der Waals surface area contributed by atoms with Gasteiger partial charge in [-0.2, -0.15) is 0 Å². The highest BCUT2D eigenvalue weighted by molar-refractivity contribution is 7.11. The van der Waals surface area contributed by atoms with Crippen molar-refractivity contribution in [2.24, 2.45) is 0 Å². The molecule has 0 atom stereocenters. The number of nitrogens with one attached hydrogen (secondary N) is 1. The normalized spacial score (nSPS) is 10.7. The van der Waals surface area contributed by atoms with Crippen molar-refractivity contribution in [3.63, 3.8) is 0 Å². The van der Waals surface area contributed by atoms with E-state index in [0.29, 0.717) is 0 Å². The van der Waals surface area contributed by atoms with E-state index in [2.05, 4.69) is 33.9 Å². The van der Waals surface area contributed by atoms with Gasteiger partial charge < -0.3 is 9.88 Å². The molecule has 0 fully saturated rings. The zero-order valence-electron chi connectivity index (χ0n) is 8.81. The van der Waals surface area contributed by atoms with Crippen molar-refractivity contribution in [2.75, 3.05) is 6.54 Å². The molecule has 0 bridgehead atoms. The van der Waals surface area contributed by atoms with E-state index in [-0.39, 0.29) is 0 Å². The molecule has 2 aromatic heterocycles. The first-order chi connectivity index (χ1) is 7.34. The van der Waals surface area contributed by atoms with Gasteiger partial charge in [-0.05, 0) is 19.1 Å². The van der Waals surface area contributed by atoms with E-state index in [0.717, 1.165) is 19.6 Å². The molecule has 0 spiro atoms. The van der Waals surface area contributed by atoms with E-state index < -0.39 is 0 Å². The zero-order valence-corrected chi connectivity index (χ0v) is 9.63. The predicted octanol–water partition coefficient (Wildman–Crippen LogP) is 2.04. The molecule has 2 rings (SSSR count). The minimum absolute atomic E-state index is 0.965. The number of hydrogen-bond donors (Lipinski definition) is 1. The van der Waals surface area contributed by atoms with Gasteiger partial charge in [0.25, 0.3) is 0 Å². The van der Waals surface area contributed by atoms with Crippen LogP contribution in [0.25, 0.3) is 0 Å². The largest absolute Gasteiger partial charge is 0.336 e. The number of nitrogens with zero attached hydrogens (tertiary/aromatic N) is 2. The average molecular weight is 221 g/mol. The van der Waals surface area contributed by atoms with Gasteiger partial charge >= 0.3 is 0 Å². The molecule has 0 saturated heterocycles. The molecule has 4 heteroatoms. The quantitative estimate of drug-likeness (QED) is 0.783. The van der Waals surface area contributed by atoms with Gasteiger partial charge in [0.15, 0.2) is 0 Å². The molecule has 0 unspecified atom stereocenters. The van der Waals surface area contributed by atoms with Crippen LogP contribution in [0.5, 0.6) is 0 Å². The lowest BCUT2D eigenvalue weighted by Gasteiger charge is -2.03. The smallest absolute Gasteiger partial charge is 0.0946 e. The fourth-order valence-electron chi connectivity index (χ4n) is 1.42. The summed E-state index contributed by atoms with van der Waals surface area (Å²) >= 11 is 1.85. The summed E-state index contributed by atoms with van der Waals surface area (Å²) in [6.45, 7) is 5.06. The van der Waals surface area contributed by atoms with Crippen LogP contribution in [-0.4, -0.2) is 16.1 Å². The van der Waals surface area contributed by atoms with Crippen LogP contribution in [-0.2, 0) is 13.1 Å². The second-order valence-electron chi connectivity index (χ2n) is 3.49. The molecule has 0 aliphatic carbocycles. The molecule has 15 heavy (non-hydrogen) atoms. The van der Waals surface area contributed by atoms with Crippen LogP contribution in [0, 0.1) is 6.92 Å². The van der Waals surface area contributed by atoms with Crippen LogP contribution in [0.4, 0.5) is 0 Å². The first kappa shape index (κ1) is 10.4. The van der Waals surface area contributed by atoms with Crippen LogP contribution in [0.15, 0.2) is 30.9 Å². The second-order valence-corrected chi connectivity index (χ2v) is 4.86. The highest BCUT2D eigenvalue weighted by Gasteiger charge is 1.95. The Morgan fingerprint density at radius 1 is 1.47 bits per heavy atom. The SMILES string of the molecule is Cc1ccc(CNCCn2ccnc2)s1. The summed E-state index contributed by atoms with van der Waals surface area (Å²) in [6, 6.07) is 4.35. The molecule has 0 radical (unpaired) electrons. The molecule has 0 amide bonds. The first-order valence-corrected chi connectivity index (χ1v) is 5.88. The monoisotopic (exact) mass is 221 g/mol. The molecule has 2 heterocycles. The van der Waals surface area contributed by atoms with Gasteiger partial charge in [-0.15, -0.1) is 11.3 Å². The van der Waals surface area contributed by atoms with E-state index in [4.69, 9.17) is 0 Å². The van der Waals surface area contributed by atoms with E-state index in [9.17, 15) is 0 Å². The third-order valence-corrected chi connectivity index (χ3v) is 3.20. The molecule has 0 aromatic carbocycles. The first-order valence-electron chi connectivity index (χ1n) is 5.06. The minimum Gasteiger partial charge on any atom is -0.336 e. The third kappa shape index (κ3) is 3.18. The average Bonchev–Trinajstić information content (AvgIpc) is 2.84. The molecule has 0 aliphatic rings. The maximum absolute atomic E-state index is 4.00. The lowest BCUT2D eigenvalue weighted by atomic mass is 10.4. The molecule has 0 aliphatic heterocycles. The van der Waals surface area contributed by atoms with Gasteiger partial charge in [-0.1, -0.05) is 0 Å². The van der Waals surface area contributed by atoms with Gasteiger partial charge in [0.05, 0.1) is 6.33 Å². The van der Waals surface area contributed by atoms with Crippen LogP contribution in [0.1, 0.15) is 9.75 Å². The Hall–Kier alpha value is -1.13.